The summed E-state index contributed by atoms with van der Waals surface area (Å²) in [5, 5.41) is 14.9. The van der Waals surface area contributed by atoms with Crippen molar-refractivity contribution in [3.63, 3.8) is 0 Å². The fraction of sp³-hybridized carbons (Fsp3) is 0.611. The predicted octanol–water partition coefficient (Wildman–Crippen LogP) is 3.43. The summed E-state index contributed by atoms with van der Waals surface area (Å²) < 4.78 is 5.88. The molecular weight excluding hydrogens is 292 g/mol. The molecule has 2 rings (SSSR count). The van der Waals surface area contributed by atoms with Crippen molar-refractivity contribution in [1.29, 1.82) is 0 Å². The zero-order chi connectivity index (χ0) is 16.7. The van der Waals surface area contributed by atoms with Gasteiger partial charge in [0, 0.05) is 5.69 Å². The number of benzene rings is 1. The molecule has 1 aromatic rings. The smallest absolute Gasteiger partial charge is 0.319 e. The standard InChI is InChI=1S/C18H28N2O3/c1-3-18(2,13-21)20-17(22)19-15-10-8-14(9-11-15)12-23-16-6-4-5-7-16/h8-11,16,21H,3-7,12-13H2,1-2H3,(H2,19,20,22). The number of hydrogen-bond donors (Lipinski definition) is 3. The summed E-state index contributed by atoms with van der Waals surface area (Å²) in [6, 6.07) is 7.37. The van der Waals surface area contributed by atoms with Crippen LogP contribution in [0.1, 0.15) is 51.5 Å². The second-order valence-electron chi connectivity index (χ2n) is 6.57. The molecule has 1 fully saturated rings. The molecule has 23 heavy (non-hydrogen) atoms. The molecule has 0 bridgehead atoms. The SMILES string of the molecule is CCC(C)(CO)NC(=O)Nc1ccc(COC2CCCC2)cc1. The van der Waals surface area contributed by atoms with Crippen molar-refractivity contribution in [1.82, 2.24) is 5.32 Å². The topological polar surface area (TPSA) is 70.6 Å². The summed E-state index contributed by atoms with van der Waals surface area (Å²) in [6.07, 6.45) is 5.94. The summed E-state index contributed by atoms with van der Waals surface area (Å²) in [7, 11) is 0. The number of nitrogens with one attached hydrogen (secondary N) is 2. The first-order chi connectivity index (χ1) is 11.0. The van der Waals surface area contributed by atoms with Crippen molar-refractivity contribution in [2.75, 3.05) is 11.9 Å². The Labute approximate surface area is 138 Å². The Kier molecular flexibility index (Phi) is 6.42. The maximum Gasteiger partial charge on any atom is 0.319 e. The van der Waals surface area contributed by atoms with E-state index in [1.165, 1.54) is 25.7 Å². The van der Waals surface area contributed by atoms with Crippen LogP contribution < -0.4 is 10.6 Å². The fourth-order valence-corrected chi connectivity index (χ4v) is 2.63. The van der Waals surface area contributed by atoms with Crippen LogP contribution in [0.4, 0.5) is 10.5 Å². The monoisotopic (exact) mass is 320 g/mol. The van der Waals surface area contributed by atoms with E-state index in [1.807, 2.05) is 38.1 Å². The summed E-state index contributed by atoms with van der Waals surface area (Å²) in [4.78, 5) is 12.0. The zero-order valence-corrected chi connectivity index (χ0v) is 14.1. The van der Waals surface area contributed by atoms with Gasteiger partial charge in [0.2, 0.25) is 0 Å². The first-order valence-corrected chi connectivity index (χ1v) is 8.45. The van der Waals surface area contributed by atoms with Gasteiger partial charge in [0.25, 0.3) is 0 Å². The lowest BCUT2D eigenvalue weighted by Gasteiger charge is -2.27. The van der Waals surface area contributed by atoms with Crippen LogP contribution in [0.2, 0.25) is 0 Å². The van der Waals surface area contributed by atoms with Gasteiger partial charge in [-0.25, -0.2) is 4.79 Å². The Morgan fingerprint density at radius 1 is 1.30 bits per heavy atom. The third kappa shape index (κ3) is 5.52. The van der Waals surface area contributed by atoms with Gasteiger partial charge in [0.15, 0.2) is 0 Å². The van der Waals surface area contributed by atoms with E-state index in [4.69, 9.17) is 4.74 Å². The van der Waals surface area contributed by atoms with Crippen LogP contribution in [0.3, 0.4) is 0 Å². The minimum atomic E-state index is -0.598. The number of carbonyl (C=O) groups is 1. The maximum atomic E-state index is 12.0. The predicted molar refractivity (Wildman–Crippen MR) is 91.4 cm³/mol. The molecule has 0 saturated heterocycles. The van der Waals surface area contributed by atoms with Crippen molar-refractivity contribution in [2.24, 2.45) is 0 Å². The number of ether oxygens (including phenoxy) is 1. The van der Waals surface area contributed by atoms with Crippen LogP contribution in [0.25, 0.3) is 0 Å². The van der Waals surface area contributed by atoms with Gasteiger partial charge < -0.3 is 20.5 Å². The van der Waals surface area contributed by atoms with Gasteiger partial charge in [-0.05, 0) is 43.9 Å². The van der Waals surface area contributed by atoms with Crippen LogP contribution in [0.5, 0.6) is 0 Å². The van der Waals surface area contributed by atoms with Gasteiger partial charge in [0.1, 0.15) is 0 Å². The summed E-state index contributed by atoms with van der Waals surface area (Å²) in [5.41, 5.74) is 1.24. The van der Waals surface area contributed by atoms with E-state index in [-0.39, 0.29) is 12.6 Å². The van der Waals surface area contributed by atoms with Crippen molar-refractivity contribution < 1.29 is 14.6 Å². The van der Waals surface area contributed by atoms with Crippen molar-refractivity contribution in [3.8, 4) is 0 Å². The Hall–Kier alpha value is -1.59. The minimum Gasteiger partial charge on any atom is -0.394 e. The largest absolute Gasteiger partial charge is 0.394 e. The number of anilines is 1. The lowest BCUT2D eigenvalue weighted by molar-refractivity contribution is 0.0457. The lowest BCUT2D eigenvalue weighted by Crippen LogP contribution is -2.50. The number of carbonyl (C=O) groups excluding carboxylic acids is 1. The normalized spacial score (nSPS) is 17.7. The van der Waals surface area contributed by atoms with E-state index in [0.29, 0.717) is 19.1 Å². The molecule has 0 aromatic heterocycles. The number of rotatable bonds is 7. The number of amides is 2. The molecule has 1 unspecified atom stereocenters. The number of hydrogen-bond acceptors (Lipinski definition) is 3. The molecule has 5 nitrogen and oxygen atoms in total. The first-order valence-electron chi connectivity index (χ1n) is 8.45. The lowest BCUT2D eigenvalue weighted by atomic mass is 10.0. The van der Waals surface area contributed by atoms with E-state index in [9.17, 15) is 9.90 Å². The van der Waals surface area contributed by atoms with Gasteiger partial charge >= 0.3 is 6.03 Å². The summed E-state index contributed by atoms with van der Waals surface area (Å²) in [5.74, 6) is 0. The molecule has 1 atom stereocenters. The molecule has 5 heteroatoms. The average molecular weight is 320 g/mol. The first kappa shape index (κ1) is 17.8. The number of aliphatic hydroxyl groups is 1. The van der Waals surface area contributed by atoms with E-state index in [0.717, 1.165) is 11.3 Å². The van der Waals surface area contributed by atoms with E-state index < -0.39 is 5.54 Å². The molecule has 128 valence electrons. The Bertz CT molecular complexity index is 491. The summed E-state index contributed by atoms with van der Waals surface area (Å²) >= 11 is 0. The zero-order valence-electron chi connectivity index (χ0n) is 14.1. The van der Waals surface area contributed by atoms with E-state index in [1.54, 1.807) is 0 Å². The van der Waals surface area contributed by atoms with Gasteiger partial charge in [-0.1, -0.05) is 31.9 Å². The molecule has 1 aliphatic carbocycles. The van der Waals surface area contributed by atoms with Crippen LogP contribution >= 0.6 is 0 Å². The molecule has 0 aliphatic heterocycles. The van der Waals surface area contributed by atoms with Gasteiger partial charge in [-0.3, -0.25) is 0 Å². The quantitative estimate of drug-likeness (QED) is 0.721. The highest BCUT2D eigenvalue weighted by Gasteiger charge is 2.23. The van der Waals surface area contributed by atoms with Crippen LogP contribution in [0.15, 0.2) is 24.3 Å². The highest BCUT2D eigenvalue weighted by atomic mass is 16.5. The molecule has 0 radical (unpaired) electrons. The van der Waals surface area contributed by atoms with Crippen molar-refractivity contribution in [3.05, 3.63) is 29.8 Å². The molecule has 0 heterocycles. The van der Waals surface area contributed by atoms with Gasteiger partial charge in [-0.2, -0.15) is 0 Å². The molecular formula is C18H28N2O3. The fourth-order valence-electron chi connectivity index (χ4n) is 2.63. The number of urea groups is 1. The summed E-state index contributed by atoms with van der Waals surface area (Å²) in [6.45, 7) is 4.27. The maximum absolute atomic E-state index is 12.0. The average Bonchev–Trinajstić information content (AvgIpc) is 3.07. The molecule has 2 amide bonds. The Morgan fingerprint density at radius 3 is 2.52 bits per heavy atom. The highest BCUT2D eigenvalue weighted by Crippen LogP contribution is 2.22. The molecule has 1 aliphatic rings. The Balaban J connectivity index is 1.80. The number of aliphatic hydroxyl groups excluding tert-OH is 1. The molecule has 0 spiro atoms. The van der Waals surface area contributed by atoms with Gasteiger partial charge in [0.05, 0.1) is 24.9 Å². The minimum absolute atomic E-state index is 0.0889. The third-order valence-corrected chi connectivity index (χ3v) is 4.54. The van der Waals surface area contributed by atoms with Crippen molar-refractivity contribution in [2.45, 2.75) is 64.2 Å². The van der Waals surface area contributed by atoms with Crippen LogP contribution in [0, 0.1) is 0 Å². The van der Waals surface area contributed by atoms with E-state index in [2.05, 4.69) is 10.6 Å². The highest BCUT2D eigenvalue weighted by molar-refractivity contribution is 5.89. The molecule has 1 saturated carbocycles. The molecule has 3 N–H and O–H groups in total. The second-order valence-corrected chi connectivity index (χ2v) is 6.57. The van der Waals surface area contributed by atoms with E-state index >= 15 is 0 Å². The second kappa shape index (κ2) is 8.31. The van der Waals surface area contributed by atoms with Crippen LogP contribution in [-0.2, 0) is 11.3 Å². The third-order valence-electron chi connectivity index (χ3n) is 4.54. The van der Waals surface area contributed by atoms with Gasteiger partial charge in [-0.15, -0.1) is 0 Å². The Morgan fingerprint density at radius 2 is 1.96 bits per heavy atom. The molecule has 1 aromatic carbocycles. The van der Waals surface area contributed by atoms with Crippen molar-refractivity contribution >= 4 is 11.7 Å². The van der Waals surface area contributed by atoms with Crippen LogP contribution in [-0.4, -0.2) is 29.4 Å².